The SMILES string of the molecule is COC(=O)/C=C/c1ccc2c(c1)C(=O)CC1(CCN(c3ncccn3)CC1)O2. The lowest BCUT2D eigenvalue weighted by Crippen LogP contribution is -2.51. The number of carbonyl (C=O) groups is 2. The molecule has 1 saturated heterocycles. The Hall–Kier alpha value is -3.22. The van der Waals surface area contributed by atoms with E-state index in [1.54, 1.807) is 36.7 Å². The number of piperidine rings is 1. The molecule has 0 radical (unpaired) electrons. The molecule has 2 aliphatic heterocycles. The normalized spacial score (nSPS) is 18.0. The number of esters is 1. The van der Waals surface area contributed by atoms with Crippen LogP contribution >= 0.6 is 0 Å². The van der Waals surface area contributed by atoms with Gasteiger partial charge in [0.25, 0.3) is 0 Å². The van der Waals surface area contributed by atoms with Crippen molar-refractivity contribution in [3.8, 4) is 5.75 Å². The zero-order chi connectivity index (χ0) is 19.6. The average molecular weight is 379 g/mol. The number of fused-ring (bicyclic) bond motifs is 1. The van der Waals surface area contributed by atoms with Crippen molar-refractivity contribution in [1.82, 2.24) is 9.97 Å². The molecule has 7 heteroatoms. The van der Waals surface area contributed by atoms with E-state index >= 15 is 0 Å². The van der Waals surface area contributed by atoms with Gasteiger partial charge in [0.05, 0.1) is 19.1 Å². The number of aromatic nitrogens is 2. The van der Waals surface area contributed by atoms with Crippen LogP contribution in [0.2, 0.25) is 0 Å². The van der Waals surface area contributed by atoms with Gasteiger partial charge in [0, 0.05) is 44.4 Å². The van der Waals surface area contributed by atoms with Crippen molar-refractivity contribution < 1.29 is 19.1 Å². The molecule has 0 amide bonds. The van der Waals surface area contributed by atoms with Crippen molar-refractivity contribution >= 4 is 23.8 Å². The van der Waals surface area contributed by atoms with Gasteiger partial charge in [-0.1, -0.05) is 6.07 Å². The van der Waals surface area contributed by atoms with Crippen LogP contribution in [0.15, 0.2) is 42.7 Å². The molecule has 0 aliphatic carbocycles. The highest BCUT2D eigenvalue weighted by atomic mass is 16.5. The Morgan fingerprint density at radius 2 is 2.00 bits per heavy atom. The van der Waals surface area contributed by atoms with Gasteiger partial charge < -0.3 is 14.4 Å². The molecule has 144 valence electrons. The molecule has 4 rings (SSSR count). The van der Waals surface area contributed by atoms with E-state index in [1.165, 1.54) is 13.2 Å². The van der Waals surface area contributed by atoms with E-state index in [0.717, 1.165) is 31.5 Å². The second-order valence-electron chi connectivity index (χ2n) is 7.03. The fourth-order valence-electron chi connectivity index (χ4n) is 3.70. The standard InChI is InChI=1S/C21H21N3O4/c1-27-19(26)6-4-15-3-5-18-16(13-15)17(25)14-21(28-18)7-11-24(12-8-21)20-22-9-2-10-23-20/h2-6,9-10,13H,7-8,11-12,14H2,1H3/b6-4+. The summed E-state index contributed by atoms with van der Waals surface area (Å²) in [6, 6.07) is 7.19. The second kappa shape index (κ2) is 7.42. The van der Waals surface area contributed by atoms with Crippen LogP contribution < -0.4 is 9.64 Å². The van der Waals surface area contributed by atoms with Gasteiger partial charge in [0.1, 0.15) is 11.4 Å². The molecule has 1 aromatic carbocycles. The summed E-state index contributed by atoms with van der Waals surface area (Å²) in [6.07, 6.45) is 8.25. The molecule has 7 nitrogen and oxygen atoms in total. The smallest absolute Gasteiger partial charge is 0.330 e. The number of anilines is 1. The van der Waals surface area contributed by atoms with Crippen LogP contribution in [0, 0.1) is 0 Å². The summed E-state index contributed by atoms with van der Waals surface area (Å²) in [5.41, 5.74) is 0.846. The first-order valence-electron chi connectivity index (χ1n) is 9.23. The third kappa shape index (κ3) is 3.60. The second-order valence-corrected chi connectivity index (χ2v) is 7.03. The summed E-state index contributed by atoms with van der Waals surface area (Å²) in [5, 5.41) is 0. The van der Waals surface area contributed by atoms with E-state index in [-0.39, 0.29) is 5.78 Å². The number of hydrogen-bond acceptors (Lipinski definition) is 7. The van der Waals surface area contributed by atoms with E-state index < -0.39 is 11.6 Å². The molecule has 0 saturated carbocycles. The molecule has 1 aromatic heterocycles. The number of rotatable bonds is 3. The summed E-state index contributed by atoms with van der Waals surface area (Å²) < 4.78 is 10.9. The minimum Gasteiger partial charge on any atom is -0.486 e. The van der Waals surface area contributed by atoms with Crippen LogP contribution in [0.25, 0.3) is 6.08 Å². The lowest BCUT2D eigenvalue weighted by molar-refractivity contribution is -0.134. The Balaban J connectivity index is 1.49. The molecule has 0 atom stereocenters. The maximum Gasteiger partial charge on any atom is 0.330 e. The van der Waals surface area contributed by atoms with Crippen molar-refractivity contribution in [3.63, 3.8) is 0 Å². The van der Waals surface area contributed by atoms with Crippen LogP contribution in [-0.2, 0) is 9.53 Å². The zero-order valence-corrected chi connectivity index (χ0v) is 15.6. The first-order valence-corrected chi connectivity index (χ1v) is 9.23. The number of ether oxygens (including phenoxy) is 2. The zero-order valence-electron chi connectivity index (χ0n) is 15.6. The third-order valence-electron chi connectivity index (χ3n) is 5.24. The Morgan fingerprint density at radius 3 is 2.71 bits per heavy atom. The first-order chi connectivity index (χ1) is 13.6. The number of nitrogens with zero attached hydrogens (tertiary/aromatic N) is 3. The van der Waals surface area contributed by atoms with E-state index in [2.05, 4.69) is 19.6 Å². The molecule has 2 aliphatic rings. The number of carbonyl (C=O) groups excluding carboxylic acids is 2. The molecule has 2 aromatic rings. The summed E-state index contributed by atoms with van der Waals surface area (Å²) in [5.74, 6) is 0.949. The predicted molar refractivity (Wildman–Crippen MR) is 103 cm³/mol. The Labute approximate surface area is 163 Å². The number of hydrogen-bond donors (Lipinski definition) is 0. The number of Topliss-reactive ketones (excluding diaryl/α,β-unsaturated/α-hetero) is 1. The lowest BCUT2D eigenvalue weighted by atomic mass is 9.82. The van der Waals surface area contributed by atoms with Gasteiger partial charge in [-0.2, -0.15) is 0 Å². The van der Waals surface area contributed by atoms with Crippen LogP contribution in [0.3, 0.4) is 0 Å². The monoisotopic (exact) mass is 379 g/mol. The molecule has 3 heterocycles. The van der Waals surface area contributed by atoms with Crippen molar-refractivity contribution in [3.05, 3.63) is 53.9 Å². The number of methoxy groups -OCH3 is 1. The maximum atomic E-state index is 12.8. The van der Waals surface area contributed by atoms with Gasteiger partial charge in [-0.25, -0.2) is 14.8 Å². The number of benzene rings is 1. The Bertz CT molecular complexity index is 919. The molecule has 1 fully saturated rings. The van der Waals surface area contributed by atoms with Gasteiger partial charge in [0.15, 0.2) is 5.78 Å². The van der Waals surface area contributed by atoms with E-state index in [4.69, 9.17) is 4.74 Å². The van der Waals surface area contributed by atoms with Crippen molar-refractivity contribution in [1.29, 1.82) is 0 Å². The fourth-order valence-corrected chi connectivity index (χ4v) is 3.70. The topological polar surface area (TPSA) is 81.6 Å². The summed E-state index contributed by atoms with van der Waals surface area (Å²) in [6.45, 7) is 1.49. The summed E-state index contributed by atoms with van der Waals surface area (Å²) >= 11 is 0. The Kier molecular flexibility index (Phi) is 4.81. The van der Waals surface area contributed by atoms with E-state index in [9.17, 15) is 9.59 Å². The van der Waals surface area contributed by atoms with Gasteiger partial charge in [0.2, 0.25) is 5.95 Å². The van der Waals surface area contributed by atoms with Gasteiger partial charge in [-0.15, -0.1) is 0 Å². The van der Waals surface area contributed by atoms with Crippen LogP contribution in [0.4, 0.5) is 5.95 Å². The van der Waals surface area contributed by atoms with Crippen molar-refractivity contribution in [2.24, 2.45) is 0 Å². The van der Waals surface area contributed by atoms with Crippen LogP contribution in [-0.4, -0.2) is 47.5 Å². The van der Waals surface area contributed by atoms with Crippen LogP contribution in [0.1, 0.15) is 35.2 Å². The molecular formula is C21H21N3O4. The molecule has 0 unspecified atom stereocenters. The molecule has 28 heavy (non-hydrogen) atoms. The minimum absolute atomic E-state index is 0.0685. The van der Waals surface area contributed by atoms with Crippen molar-refractivity contribution in [2.75, 3.05) is 25.1 Å². The van der Waals surface area contributed by atoms with Gasteiger partial charge >= 0.3 is 5.97 Å². The molecule has 0 bridgehead atoms. The predicted octanol–water partition coefficient (Wildman–Crippen LogP) is 2.67. The van der Waals surface area contributed by atoms with Crippen LogP contribution in [0.5, 0.6) is 5.75 Å². The minimum atomic E-state index is -0.473. The maximum absolute atomic E-state index is 12.8. The highest BCUT2D eigenvalue weighted by Crippen LogP contribution is 2.40. The van der Waals surface area contributed by atoms with Gasteiger partial charge in [-0.05, 0) is 29.8 Å². The first kappa shape index (κ1) is 18.2. The van der Waals surface area contributed by atoms with Gasteiger partial charge in [-0.3, -0.25) is 4.79 Å². The van der Waals surface area contributed by atoms with E-state index in [1.807, 2.05) is 6.07 Å². The fraction of sp³-hybridized carbons (Fsp3) is 0.333. The quantitative estimate of drug-likeness (QED) is 0.599. The average Bonchev–Trinajstić information content (AvgIpc) is 2.73. The number of ketones is 1. The largest absolute Gasteiger partial charge is 0.486 e. The Morgan fingerprint density at radius 1 is 1.25 bits per heavy atom. The lowest BCUT2D eigenvalue weighted by Gasteiger charge is -2.44. The molecule has 1 spiro atoms. The molecular weight excluding hydrogens is 358 g/mol. The van der Waals surface area contributed by atoms with E-state index in [0.29, 0.717) is 23.7 Å². The summed E-state index contributed by atoms with van der Waals surface area (Å²) in [4.78, 5) is 34.8. The summed E-state index contributed by atoms with van der Waals surface area (Å²) in [7, 11) is 1.32. The van der Waals surface area contributed by atoms with Crippen molar-refractivity contribution in [2.45, 2.75) is 24.9 Å². The molecule has 0 N–H and O–H groups in total. The third-order valence-corrected chi connectivity index (χ3v) is 5.24. The highest BCUT2D eigenvalue weighted by molar-refractivity contribution is 6.01. The highest BCUT2D eigenvalue weighted by Gasteiger charge is 2.43.